The Hall–Kier alpha value is -1.28. The molecule has 0 aliphatic heterocycles. The van der Waals surface area contributed by atoms with Crippen molar-refractivity contribution >= 4 is 0 Å². The van der Waals surface area contributed by atoms with Crippen LogP contribution in [0.4, 0.5) is 0 Å². The molecular weight excluding hydrogens is 258 g/mol. The minimum Gasteiger partial charge on any atom is -0.496 e. The van der Waals surface area contributed by atoms with E-state index in [0.717, 1.165) is 18.7 Å². The molecule has 1 aliphatic rings. The first-order valence-corrected chi connectivity index (χ1v) is 8.33. The van der Waals surface area contributed by atoms with Gasteiger partial charge in [0, 0.05) is 5.56 Å². The van der Waals surface area contributed by atoms with Gasteiger partial charge in [0.05, 0.1) is 13.2 Å². The molecule has 1 aromatic carbocycles. The minimum atomic E-state index is 0.304. The fraction of sp³-hybridized carbons (Fsp3) is 0.579. The summed E-state index contributed by atoms with van der Waals surface area (Å²) >= 11 is 0. The lowest BCUT2D eigenvalue weighted by molar-refractivity contribution is 0.402. The quantitative estimate of drug-likeness (QED) is 0.749. The summed E-state index contributed by atoms with van der Waals surface area (Å²) in [6.45, 7) is 5.38. The van der Waals surface area contributed by atoms with Crippen LogP contribution in [0.25, 0.3) is 0 Å². The molecule has 0 bridgehead atoms. The Kier molecular flexibility index (Phi) is 6.31. The van der Waals surface area contributed by atoms with E-state index in [1.54, 1.807) is 12.7 Å². The van der Waals surface area contributed by atoms with Gasteiger partial charge in [-0.2, -0.15) is 0 Å². The number of nitrogens with one attached hydrogen (secondary N) is 1. The molecule has 21 heavy (non-hydrogen) atoms. The Balaban J connectivity index is 2.32. The van der Waals surface area contributed by atoms with Crippen LogP contribution in [0.5, 0.6) is 5.75 Å². The lowest BCUT2D eigenvalue weighted by Crippen LogP contribution is -2.24. The van der Waals surface area contributed by atoms with Gasteiger partial charge in [0.2, 0.25) is 0 Å². The SMILES string of the molecule is CCCNC(C1=CCCCCC1)c1ccc(C)cc1OC. The molecule has 1 aromatic rings. The van der Waals surface area contributed by atoms with E-state index in [9.17, 15) is 0 Å². The van der Waals surface area contributed by atoms with Gasteiger partial charge >= 0.3 is 0 Å². The average Bonchev–Trinajstić information content (AvgIpc) is 2.78. The molecule has 0 saturated heterocycles. The number of allylic oxidation sites excluding steroid dienone is 1. The Morgan fingerprint density at radius 2 is 2.10 bits per heavy atom. The van der Waals surface area contributed by atoms with Gasteiger partial charge in [0.15, 0.2) is 0 Å². The van der Waals surface area contributed by atoms with Crippen molar-refractivity contribution < 1.29 is 4.74 Å². The predicted octanol–water partition coefficient (Wildman–Crippen LogP) is 4.93. The van der Waals surface area contributed by atoms with Crippen molar-refractivity contribution in [3.63, 3.8) is 0 Å². The summed E-state index contributed by atoms with van der Waals surface area (Å²) in [5.41, 5.74) is 4.08. The summed E-state index contributed by atoms with van der Waals surface area (Å²) in [6.07, 6.45) is 10.0. The van der Waals surface area contributed by atoms with Gasteiger partial charge in [-0.25, -0.2) is 0 Å². The highest BCUT2D eigenvalue weighted by molar-refractivity contribution is 5.43. The van der Waals surface area contributed by atoms with E-state index in [0.29, 0.717) is 6.04 Å². The van der Waals surface area contributed by atoms with Gasteiger partial charge in [-0.05, 0) is 57.2 Å². The Bertz CT molecular complexity index is 478. The standard InChI is InChI=1S/C19H29NO/c1-4-13-20-19(16-9-7-5-6-8-10-16)17-12-11-15(2)14-18(17)21-3/h9,11-12,14,19-20H,4-8,10,13H2,1-3H3. The molecular formula is C19H29NO. The number of ether oxygens (including phenoxy) is 1. The van der Waals surface area contributed by atoms with Gasteiger partial charge in [0.25, 0.3) is 0 Å². The summed E-state index contributed by atoms with van der Waals surface area (Å²) in [7, 11) is 1.77. The molecule has 1 aliphatic carbocycles. The largest absolute Gasteiger partial charge is 0.496 e. The van der Waals surface area contributed by atoms with Crippen LogP contribution in [-0.4, -0.2) is 13.7 Å². The first kappa shape index (κ1) is 16.1. The lowest BCUT2D eigenvalue weighted by atomic mass is 9.93. The summed E-state index contributed by atoms with van der Waals surface area (Å²) in [5, 5.41) is 3.73. The molecule has 1 unspecified atom stereocenters. The monoisotopic (exact) mass is 287 g/mol. The van der Waals surface area contributed by atoms with Crippen molar-refractivity contribution in [2.75, 3.05) is 13.7 Å². The second-order valence-electron chi connectivity index (χ2n) is 6.01. The Morgan fingerprint density at radius 3 is 2.86 bits per heavy atom. The number of methoxy groups -OCH3 is 1. The van der Waals surface area contributed by atoms with Crippen molar-refractivity contribution in [1.82, 2.24) is 5.32 Å². The third-order valence-electron chi connectivity index (χ3n) is 4.25. The van der Waals surface area contributed by atoms with Crippen LogP contribution in [0.15, 0.2) is 29.8 Å². The van der Waals surface area contributed by atoms with Crippen LogP contribution >= 0.6 is 0 Å². The van der Waals surface area contributed by atoms with Gasteiger partial charge in [0.1, 0.15) is 5.75 Å². The maximum Gasteiger partial charge on any atom is 0.124 e. The molecule has 0 fully saturated rings. The van der Waals surface area contributed by atoms with Gasteiger partial charge < -0.3 is 10.1 Å². The summed E-state index contributed by atoms with van der Waals surface area (Å²) in [4.78, 5) is 0. The fourth-order valence-corrected chi connectivity index (χ4v) is 3.09. The molecule has 116 valence electrons. The highest BCUT2D eigenvalue weighted by Gasteiger charge is 2.20. The van der Waals surface area contributed by atoms with Gasteiger partial charge in [-0.1, -0.05) is 37.1 Å². The third kappa shape index (κ3) is 4.34. The zero-order valence-corrected chi connectivity index (χ0v) is 13.7. The second kappa shape index (κ2) is 8.23. The number of hydrogen-bond acceptors (Lipinski definition) is 2. The van der Waals surface area contributed by atoms with Crippen LogP contribution in [0.1, 0.15) is 62.6 Å². The fourth-order valence-electron chi connectivity index (χ4n) is 3.09. The number of benzene rings is 1. The van der Waals surface area contributed by atoms with E-state index in [2.05, 4.69) is 43.4 Å². The lowest BCUT2D eigenvalue weighted by Gasteiger charge is -2.24. The van der Waals surface area contributed by atoms with Crippen molar-refractivity contribution in [3.8, 4) is 5.75 Å². The molecule has 1 N–H and O–H groups in total. The highest BCUT2D eigenvalue weighted by Crippen LogP contribution is 2.34. The number of rotatable bonds is 6. The molecule has 1 atom stereocenters. The molecule has 2 nitrogen and oxygen atoms in total. The topological polar surface area (TPSA) is 21.3 Å². The van der Waals surface area contributed by atoms with E-state index in [1.807, 2.05) is 0 Å². The van der Waals surface area contributed by atoms with Crippen molar-refractivity contribution in [2.24, 2.45) is 0 Å². The maximum absolute atomic E-state index is 5.64. The Morgan fingerprint density at radius 1 is 1.24 bits per heavy atom. The molecule has 0 aromatic heterocycles. The van der Waals surface area contributed by atoms with E-state index in [4.69, 9.17) is 4.74 Å². The summed E-state index contributed by atoms with van der Waals surface area (Å²) in [5.74, 6) is 1.01. The summed E-state index contributed by atoms with van der Waals surface area (Å²) < 4.78 is 5.64. The van der Waals surface area contributed by atoms with E-state index < -0.39 is 0 Å². The molecule has 0 spiro atoms. The van der Waals surface area contributed by atoms with Gasteiger partial charge in [-0.3, -0.25) is 0 Å². The van der Waals surface area contributed by atoms with E-state index in [1.165, 1.54) is 43.2 Å². The average molecular weight is 287 g/mol. The van der Waals surface area contributed by atoms with E-state index >= 15 is 0 Å². The first-order chi connectivity index (χ1) is 10.3. The van der Waals surface area contributed by atoms with Crippen LogP contribution in [0, 0.1) is 6.92 Å². The Labute approximate surface area is 129 Å². The van der Waals surface area contributed by atoms with Crippen LogP contribution in [0.2, 0.25) is 0 Å². The molecule has 2 heteroatoms. The minimum absolute atomic E-state index is 0.304. The van der Waals surface area contributed by atoms with Crippen LogP contribution in [0.3, 0.4) is 0 Å². The predicted molar refractivity (Wildman–Crippen MR) is 89.9 cm³/mol. The third-order valence-corrected chi connectivity index (χ3v) is 4.25. The van der Waals surface area contributed by atoms with Crippen LogP contribution in [-0.2, 0) is 0 Å². The number of hydrogen-bond donors (Lipinski definition) is 1. The zero-order chi connectivity index (χ0) is 15.1. The number of aryl methyl sites for hydroxylation is 1. The van der Waals surface area contributed by atoms with Crippen molar-refractivity contribution in [1.29, 1.82) is 0 Å². The molecule has 2 rings (SSSR count). The normalized spacial score (nSPS) is 17.0. The smallest absolute Gasteiger partial charge is 0.124 e. The molecule has 0 amide bonds. The molecule has 0 heterocycles. The first-order valence-electron chi connectivity index (χ1n) is 8.33. The van der Waals surface area contributed by atoms with Crippen molar-refractivity contribution in [3.05, 3.63) is 41.0 Å². The highest BCUT2D eigenvalue weighted by atomic mass is 16.5. The van der Waals surface area contributed by atoms with Crippen molar-refractivity contribution in [2.45, 2.75) is 58.4 Å². The zero-order valence-electron chi connectivity index (χ0n) is 13.7. The second-order valence-corrected chi connectivity index (χ2v) is 6.01. The maximum atomic E-state index is 5.64. The van der Waals surface area contributed by atoms with E-state index in [-0.39, 0.29) is 0 Å². The molecule has 0 saturated carbocycles. The van der Waals surface area contributed by atoms with Gasteiger partial charge in [-0.15, -0.1) is 0 Å². The van der Waals surface area contributed by atoms with Crippen LogP contribution < -0.4 is 10.1 Å². The molecule has 0 radical (unpaired) electrons. The summed E-state index contributed by atoms with van der Waals surface area (Å²) in [6, 6.07) is 6.87.